The van der Waals surface area contributed by atoms with Gasteiger partial charge >= 0.3 is 19.8 Å². The molecule has 0 aliphatic rings. The molecule has 53 heavy (non-hydrogen) atoms. The molecule has 3 N–H and O–H groups in total. The first kappa shape index (κ1) is 51.2. The average Bonchev–Trinajstić information content (AvgIpc) is 3.14. The highest BCUT2D eigenvalue weighted by atomic mass is 31.2. The van der Waals surface area contributed by atoms with Gasteiger partial charge in [0, 0.05) is 19.4 Å². The quantitative estimate of drug-likeness (QED) is 0.0270. The molecule has 0 heterocycles. The first-order valence-electron chi connectivity index (χ1n) is 21.5. The molecule has 10 heteroatoms. The van der Waals surface area contributed by atoms with Crippen LogP contribution in [0.5, 0.6) is 0 Å². The Kier molecular flexibility index (Phi) is 38.6. The van der Waals surface area contributed by atoms with E-state index in [1.807, 2.05) is 0 Å². The van der Waals surface area contributed by atoms with Gasteiger partial charge in [-0.05, 0) is 44.9 Å². The number of hydrogen-bond donors (Lipinski definition) is 2. The van der Waals surface area contributed by atoms with Gasteiger partial charge in [-0.2, -0.15) is 0 Å². The van der Waals surface area contributed by atoms with E-state index in [1.54, 1.807) is 0 Å². The highest BCUT2D eigenvalue weighted by molar-refractivity contribution is 7.47. The molecule has 9 nitrogen and oxygen atoms in total. The van der Waals surface area contributed by atoms with Crippen molar-refractivity contribution in [2.75, 3.05) is 26.4 Å². The Morgan fingerprint density at radius 3 is 1.55 bits per heavy atom. The second-order valence-electron chi connectivity index (χ2n) is 14.2. The largest absolute Gasteiger partial charge is 0.472 e. The van der Waals surface area contributed by atoms with Crippen LogP contribution in [-0.4, -0.2) is 49.3 Å². The molecule has 0 aromatic carbocycles. The standard InChI is InChI=1S/C43H80NO8P/c1-3-5-7-9-11-13-15-17-19-20-22-23-25-27-29-31-33-35-42(45)49-39-41(40-51-53(47,48)50-38-37-44)52-43(46)36-34-32-30-28-26-24-21-18-16-14-12-10-8-6-4-2/h6,8,12,14,18,21,41H,3-5,7,9-11,13,15-17,19-20,22-40,44H2,1-2H3,(H,47,48)/b8-6-,14-12-,21-18-. The van der Waals surface area contributed by atoms with Crippen molar-refractivity contribution in [3.05, 3.63) is 36.5 Å². The van der Waals surface area contributed by atoms with Crippen LogP contribution in [0, 0.1) is 0 Å². The molecule has 0 spiro atoms. The van der Waals surface area contributed by atoms with Crippen molar-refractivity contribution in [2.45, 2.75) is 200 Å². The summed E-state index contributed by atoms with van der Waals surface area (Å²) in [6, 6.07) is 0. The lowest BCUT2D eigenvalue weighted by molar-refractivity contribution is -0.161. The zero-order chi connectivity index (χ0) is 38.9. The first-order chi connectivity index (χ1) is 25.8. The molecule has 0 saturated heterocycles. The zero-order valence-corrected chi connectivity index (χ0v) is 34.9. The van der Waals surface area contributed by atoms with Crippen molar-refractivity contribution in [1.82, 2.24) is 0 Å². The van der Waals surface area contributed by atoms with Crippen molar-refractivity contribution in [1.29, 1.82) is 0 Å². The van der Waals surface area contributed by atoms with Crippen LogP contribution >= 0.6 is 7.82 Å². The lowest BCUT2D eigenvalue weighted by Crippen LogP contribution is -2.29. The first-order valence-corrected chi connectivity index (χ1v) is 23.0. The van der Waals surface area contributed by atoms with Crippen molar-refractivity contribution in [3.63, 3.8) is 0 Å². The van der Waals surface area contributed by atoms with Gasteiger partial charge in [0.2, 0.25) is 0 Å². The minimum absolute atomic E-state index is 0.0507. The Morgan fingerprint density at radius 1 is 0.585 bits per heavy atom. The molecule has 0 bridgehead atoms. The van der Waals surface area contributed by atoms with E-state index < -0.39 is 26.5 Å². The molecular weight excluding hydrogens is 689 g/mol. The van der Waals surface area contributed by atoms with Crippen molar-refractivity contribution in [2.24, 2.45) is 5.73 Å². The fourth-order valence-corrected chi connectivity index (χ4v) is 6.65. The SMILES string of the molecule is CC/C=C\C/C=C\C/C=C\CCCCCCCC(=O)OC(COC(=O)CCCCCCCCCCCCCCCCCCC)COP(=O)(O)OCCN. The third-order valence-corrected chi connectivity index (χ3v) is 10.0. The normalized spacial score (nSPS) is 13.7. The lowest BCUT2D eigenvalue weighted by atomic mass is 10.0. The Labute approximate surface area is 324 Å². The number of phosphoric acid groups is 1. The Bertz CT molecular complexity index is 970. The summed E-state index contributed by atoms with van der Waals surface area (Å²) in [6.45, 7) is 3.61. The van der Waals surface area contributed by atoms with E-state index in [-0.39, 0.29) is 38.6 Å². The van der Waals surface area contributed by atoms with Gasteiger partial charge in [-0.25, -0.2) is 4.57 Å². The maximum Gasteiger partial charge on any atom is 0.472 e. The topological polar surface area (TPSA) is 134 Å². The summed E-state index contributed by atoms with van der Waals surface area (Å²) in [7, 11) is -4.38. The van der Waals surface area contributed by atoms with Gasteiger partial charge in [0.05, 0.1) is 13.2 Å². The minimum atomic E-state index is -4.38. The van der Waals surface area contributed by atoms with Crippen molar-refractivity contribution >= 4 is 19.8 Å². The summed E-state index contributed by atoms with van der Waals surface area (Å²) in [5, 5.41) is 0. The van der Waals surface area contributed by atoms with E-state index in [1.165, 1.54) is 89.9 Å². The summed E-state index contributed by atoms with van der Waals surface area (Å²) < 4.78 is 32.7. The molecule has 2 atom stereocenters. The van der Waals surface area contributed by atoms with Crippen LogP contribution < -0.4 is 5.73 Å². The molecule has 0 rings (SSSR count). The summed E-state index contributed by atoms with van der Waals surface area (Å²) in [4.78, 5) is 34.8. The van der Waals surface area contributed by atoms with Crippen molar-refractivity contribution in [3.8, 4) is 0 Å². The van der Waals surface area contributed by atoms with Crippen LogP contribution in [0.1, 0.15) is 194 Å². The highest BCUT2D eigenvalue weighted by Gasteiger charge is 2.26. The van der Waals surface area contributed by atoms with E-state index in [4.69, 9.17) is 24.3 Å². The van der Waals surface area contributed by atoms with Gasteiger partial charge in [-0.3, -0.25) is 18.6 Å². The third kappa shape index (κ3) is 39.7. The molecule has 0 saturated carbocycles. The smallest absolute Gasteiger partial charge is 0.462 e. The molecule has 310 valence electrons. The number of carbonyl (C=O) groups excluding carboxylic acids is 2. The fourth-order valence-electron chi connectivity index (χ4n) is 5.88. The number of nitrogens with two attached hydrogens (primary N) is 1. The van der Waals surface area contributed by atoms with Gasteiger partial charge < -0.3 is 20.1 Å². The van der Waals surface area contributed by atoms with E-state index in [9.17, 15) is 19.0 Å². The lowest BCUT2D eigenvalue weighted by Gasteiger charge is -2.19. The molecule has 0 fully saturated rings. The Morgan fingerprint density at radius 2 is 1.04 bits per heavy atom. The van der Waals surface area contributed by atoms with Crippen LogP contribution in [0.25, 0.3) is 0 Å². The molecule has 0 aromatic heterocycles. The van der Waals surface area contributed by atoms with Gasteiger partial charge in [0.15, 0.2) is 6.10 Å². The summed E-state index contributed by atoms with van der Waals surface area (Å²) in [5.41, 5.74) is 5.34. The van der Waals surface area contributed by atoms with Gasteiger partial charge in [0.25, 0.3) is 0 Å². The average molecular weight is 770 g/mol. The summed E-state index contributed by atoms with van der Waals surface area (Å²) in [5.74, 6) is -0.843. The highest BCUT2D eigenvalue weighted by Crippen LogP contribution is 2.43. The molecule has 2 unspecified atom stereocenters. The molecule has 0 aliphatic heterocycles. The van der Waals surface area contributed by atoms with Gasteiger partial charge in [-0.1, -0.05) is 172 Å². The second-order valence-corrected chi connectivity index (χ2v) is 15.6. The minimum Gasteiger partial charge on any atom is -0.462 e. The molecule has 0 radical (unpaired) electrons. The van der Waals surface area contributed by atoms with Crippen molar-refractivity contribution < 1.29 is 37.6 Å². The van der Waals surface area contributed by atoms with Crippen LogP contribution in [0.15, 0.2) is 36.5 Å². The monoisotopic (exact) mass is 770 g/mol. The number of unbranched alkanes of at least 4 members (excludes halogenated alkanes) is 21. The number of esters is 2. The van der Waals surface area contributed by atoms with Gasteiger partial charge in [-0.15, -0.1) is 0 Å². The third-order valence-electron chi connectivity index (χ3n) is 9.04. The van der Waals surface area contributed by atoms with Crippen LogP contribution in [0.3, 0.4) is 0 Å². The zero-order valence-electron chi connectivity index (χ0n) is 34.0. The Hall–Kier alpha value is -1.77. The maximum absolute atomic E-state index is 12.6. The maximum atomic E-state index is 12.6. The number of allylic oxidation sites excluding steroid dienone is 6. The van der Waals surface area contributed by atoms with Crippen LogP contribution in [0.4, 0.5) is 0 Å². The second kappa shape index (κ2) is 39.9. The molecular formula is C43H80NO8P. The Balaban J connectivity index is 4.15. The molecule has 0 amide bonds. The van der Waals surface area contributed by atoms with E-state index in [0.717, 1.165) is 70.6 Å². The van der Waals surface area contributed by atoms with E-state index in [2.05, 4.69) is 50.3 Å². The predicted molar refractivity (Wildman–Crippen MR) is 220 cm³/mol. The predicted octanol–water partition coefficient (Wildman–Crippen LogP) is 12.2. The number of hydrogen-bond acceptors (Lipinski definition) is 8. The van der Waals surface area contributed by atoms with E-state index in [0.29, 0.717) is 6.42 Å². The van der Waals surface area contributed by atoms with E-state index >= 15 is 0 Å². The fraction of sp³-hybridized carbons (Fsp3) is 0.814. The van der Waals surface area contributed by atoms with Crippen LogP contribution in [0.2, 0.25) is 0 Å². The number of rotatable bonds is 40. The summed E-state index contributed by atoms with van der Waals surface area (Å²) in [6.07, 6.45) is 43.2. The molecule has 0 aromatic rings. The number of carbonyl (C=O) groups is 2. The summed E-state index contributed by atoms with van der Waals surface area (Å²) >= 11 is 0. The van der Waals surface area contributed by atoms with Gasteiger partial charge in [0.1, 0.15) is 6.61 Å². The number of phosphoric ester groups is 1. The number of ether oxygens (including phenoxy) is 2. The molecule has 0 aliphatic carbocycles. The van der Waals surface area contributed by atoms with Crippen LogP contribution in [-0.2, 0) is 32.7 Å².